The lowest BCUT2D eigenvalue weighted by Gasteiger charge is -2.16. The Morgan fingerprint density at radius 3 is 2.15 bits per heavy atom. The van der Waals surface area contributed by atoms with Gasteiger partial charge in [-0.05, 0) is 24.6 Å². The SMILES string of the molecule is CC(Nc1c(F)cccc1F)c1ccc([N+](=O)[O-])cc1. The zero-order valence-electron chi connectivity index (χ0n) is 10.6. The van der Waals surface area contributed by atoms with Crippen molar-refractivity contribution in [1.29, 1.82) is 0 Å². The fourth-order valence-corrected chi connectivity index (χ4v) is 1.82. The van der Waals surface area contributed by atoms with E-state index in [9.17, 15) is 18.9 Å². The molecule has 0 aliphatic heterocycles. The minimum Gasteiger partial charge on any atom is -0.374 e. The van der Waals surface area contributed by atoms with Crippen LogP contribution >= 0.6 is 0 Å². The molecule has 1 atom stereocenters. The number of nitrogens with one attached hydrogen (secondary N) is 1. The molecule has 0 bridgehead atoms. The molecular formula is C14H12F2N2O2. The third-order valence-electron chi connectivity index (χ3n) is 2.93. The number of para-hydroxylation sites is 1. The van der Waals surface area contributed by atoms with Crippen LogP contribution in [0.3, 0.4) is 0 Å². The Kier molecular flexibility index (Phi) is 3.93. The van der Waals surface area contributed by atoms with Crippen LogP contribution in [-0.4, -0.2) is 4.92 Å². The molecule has 2 rings (SSSR count). The molecule has 0 aliphatic carbocycles. The molecule has 0 spiro atoms. The van der Waals surface area contributed by atoms with Crippen LogP contribution in [0.4, 0.5) is 20.2 Å². The Bertz CT molecular complexity index is 609. The molecule has 20 heavy (non-hydrogen) atoms. The van der Waals surface area contributed by atoms with E-state index >= 15 is 0 Å². The number of nitro benzene ring substituents is 1. The quantitative estimate of drug-likeness (QED) is 0.678. The monoisotopic (exact) mass is 278 g/mol. The number of anilines is 1. The first kappa shape index (κ1) is 13.9. The Balaban J connectivity index is 2.19. The van der Waals surface area contributed by atoms with Gasteiger partial charge in [0.1, 0.15) is 17.3 Å². The number of rotatable bonds is 4. The number of non-ortho nitro benzene ring substituents is 1. The van der Waals surface area contributed by atoms with Crippen LogP contribution in [0.5, 0.6) is 0 Å². The molecule has 0 heterocycles. The summed E-state index contributed by atoms with van der Waals surface area (Å²) in [7, 11) is 0. The lowest BCUT2D eigenvalue weighted by atomic mass is 10.1. The highest BCUT2D eigenvalue weighted by Crippen LogP contribution is 2.25. The molecule has 2 aromatic carbocycles. The van der Waals surface area contributed by atoms with Crippen LogP contribution in [0, 0.1) is 21.7 Å². The topological polar surface area (TPSA) is 55.2 Å². The van der Waals surface area contributed by atoms with Gasteiger partial charge in [-0.2, -0.15) is 0 Å². The van der Waals surface area contributed by atoms with Crippen molar-refractivity contribution in [3.63, 3.8) is 0 Å². The van der Waals surface area contributed by atoms with E-state index in [1.165, 1.54) is 18.2 Å². The first-order valence-electron chi connectivity index (χ1n) is 5.94. The zero-order chi connectivity index (χ0) is 14.7. The normalized spacial score (nSPS) is 11.9. The largest absolute Gasteiger partial charge is 0.374 e. The van der Waals surface area contributed by atoms with Gasteiger partial charge in [0.25, 0.3) is 5.69 Å². The van der Waals surface area contributed by atoms with Crippen molar-refractivity contribution < 1.29 is 13.7 Å². The van der Waals surface area contributed by atoms with Crippen LogP contribution in [0.15, 0.2) is 42.5 Å². The van der Waals surface area contributed by atoms with E-state index in [4.69, 9.17) is 0 Å². The van der Waals surface area contributed by atoms with Crippen molar-refractivity contribution in [2.75, 3.05) is 5.32 Å². The Morgan fingerprint density at radius 1 is 1.10 bits per heavy atom. The summed E-state index contributed by atoms with van der Waals surface area (Å²) in [6.45, 7) is 1.72. The molecule has 0 radical (unpaired) electrons. The number of nitro groups is 1. The van der Waals surface area contributed by atoms with Gasteiger partial charge < -0.3 is 5.32 Å². The number of hydrogen-bond donors (Lipinski definition) is 1. The highest BCUT2D eigenvalue weighted by Gasteiger charge is 2.13. The van der Waals surface area contributed by atoms with Gasteiger partial charge in [0.15, 0.2) is 0 Å². The van der Waals surface area contributed by atoms with E-state index in [0.29, 0.717) is 5.56 Å². The number of nitrogens with zero attached hydrogens (tertiary/aromatic N) is 1. The summed E-state index contributed by atoms with van der Waals surface area (Å²) in [5, 5.41) is 13.3. The molecule has 0 fully saturated rings. The first-order chi connectivity index (χ1) is 9.49. The van der Waals surface area contributed by atoms with Crippen LogP contribution in [0.1, 0.15) is 18.5 Å². The number of benzene rings is 2. The molecule has 0 aromatic heterocycles. The summed E-state index contributed by atoms with van der Waals surface area (Å²) < 4.78 is 27.0. The highest BCUT2D eigenvalue weighted by molar-refractivity contribution is 5.48. The van der Waals surface area contributed by atoms with Gasteiger partial charge in [0, 0.05) is 18.2 Å². The average Bonchev–Trinajstić information content (AvgIpc) is 2.43. The van der Waals surface area contributed by atoms with Crippen molar-refractivity contribution in [2.24, 2.45) is 0 Å². The van der Waals surface area contributed by atoms with E-state index in [-0.39, 0.29) is 17.4 Å². The molecule has 104 valence electrons. The first-order valence-corrected chi connectivity index (χ1v) is 5.94. The second-order valence-electron chi connectivity index (χ2n) is 4.31. The van der Waals surface area contributed by atoms with Gasteiger partial charge >= 0.3 is 0 Å². The fourth-order valence-electron chi connectivity index (χ4n) is 1.82. The maximum absolute atomic E-state index is 13.5. The Labute approximate surface area is 114 Å². The third kappa shape index (κ3) is 2.90. The van der Waals surface area contributed by atoms with E-state index in [1.807, 2.05) is 0 Å². The second-order valence-corrected chi connectivity index (χ2v) is 4.31. The van der Waals surface area contributed by atoms with Gasteiger partial charge in [-0.25, -0.2) is 8.78 Å². The van der Waals surface area contributed by atoms with Crippen LogP contribution in [-0.2, 0) is 0 Å². The predicted molar refractivity (Wildman–Crippen MR) is 71.5 cm³/mol. The summed E-state index contributed by atoms with van der Waals surface area (Å²) in [6.07, 6.45) is 0. The van der Waals surface area contributed by atoms with E-state index in [2.05, 4.69) is 5.32 Å². The molecule has 2 aromatic rings. The van der Waals surface area contributed by atoms with Crippen molar-refractivity contribution in [3.8, 4) is 0 Å². The van der Waals surface area contributed by atoms with Gasteiger partial charge in [-0.3, -0.25) is 10.1 Å². The van der Waals surface area contributed by atoms with Gasteiger partial charge in [-0.1, -0.05) is 18.2 Å². The van der Waals surface area contributed by atoms with E-state index in [1.54, 1.807) is 19.1 Å². The Morgan fingerprint density at radius 2 is 1.65 bits per heavy atom. The summed E-state index contributed by atoms with van der Waals surface area (Å²) in [4.78, 5) is 10.1. The zero-order valence-corrected chi connectivity index (χ0v) is 10.6. The van der Waals surface area contributed by atoms with Crippen molar-refractivity contribution >= 4 is 11.4 Å². The van der Waals surface area contributed by atoms with Crippen molar-refractivity contribution in [2.45, 2.75) is 13.0 Å². The van der Waals surface area contributed by atoms with Crippen LogP contribution in [0.25, 0.3) is 0 Å². The van der Waals surface area contributed by atoms with E-state index < -0.39 is 16.6 Å². The van der Waals surface area contributed by atoms with Gasteiger partial charge in [0.05, 0.1) is 4.92 Å². The molecule has 0 aliphatic rings. The fraction of sp³-hybridized carbons (Fsp3) is 0.143. The summed E-state index contributed by atoms with van der Waals surface area (Å²) in [5.41, 5.74) is 0.453. The Hall–Kier alpha value is -2.50. The molecule has 0 amide bonds. The van der Waals surface area contributed by atoms with E-state index in [0.717, 1.165) is 12.1 Å². The smallest absolute Gasteiger partial charge is 0.269 e. The molecule has 6 heteroatoms. The standard InChI is InChI=1S/C14H12F2N2O2/c1-9(10-5-7-11(8-6-10)18(19)20)17-14-12(15)3-2-4-13(14)16/h2-9,17H,1H3. The lowest BCUT2D eigenvalue weighted by Crippen LogP contribution is -2.09. The molecule has 0 saturated heterocycles. The van der Waals surface area contributed by atoms with Gasteiger partial charge in [0.2, 0.25) is 0 Å². The average molecular weight is 278 g/mol. The second kappa shape index (κ2) is 5.64. The molecule has 0 saturated carbocycles. The van der Waals surface area contributed by atoms with Gasteiger partial charge in [-0.15, -0.1) is 0 Å². The minimum absolute atomic E-state index is 0.0296. The minimum atomic E-state index is -0.682. The maximum atomic E-state index is 13.5. The summed E-state index contributed by atoms with van der Waals surface area (Å²) >= 11 is 0. The summed E-state index contributed by atoms with van der Waals surface area (Å²) in [5.74, 6) is -1.36. The number of hydrogen-bond acceptors (Lipinski definition) is 3. The number of halogens is 2. The highest BCUT2D eigenvalue weighted by atomic mass is 19.1. The van der Waals surface area contributed by atoms with Crippen molar-refractivity contribution in [1.82, 2.24) is 0 Å². The predicted octanol–water partition coefficient (Wildman–Crippen LogP) is 4.05. The maximum Gasteiger partial charge on any atom is 0.269 e. The third-order valence-corrected chi connectivity index (χ3v) is 2.93. The van der Waals surface area contributed by atoms with Crippen molar-refractivity contribution in [3.05, 3.63) is 69.8 Å². The lowest BCUT2D eigenvalue weighted by molar-refractivity contribution is -0.384. The molecule has 1 N–H and O–H groups in total. The van der Waals surface area contributed by atoms with Crippen LogP contribution in [0.2, 0.25) is 0 Å². The summed E-state index contributed by atoms with van der Waals surface area (Å²) in [6, 6.07) is 9.02. The molecule has 1 unspecified atom stereocenters. The van der Waals surface area contributed by atoms with Crippen LogP contribution < -0.4 is 5.32 Å². The molecule has 4 nitrogen and oxygen atoms in total. The molecular weight excluding hydrogens is 266 g/mol.